The van der Waals surface area contributed by atoms with Gasteiger partial charge in [0.1, 0.15) is 17.5 Å². The lowest BCUT2D eigenvalue weighted by Crippen LogP contribution is -2.54. The molecule has 3 aromatic rings. The highest BCUT2D eigenvalue weighted by Crippen LogP contribution is 2.32. The third-order valence-electron chi connectivity index (χ3n) is 11.1. The summed E-state index contributed by atoms with van der Waals surface area (Å²) in [4.78, 5) is 84.0. The molecule has 2 atom stereocenters. The largest absolute Gasteiger partial charge is 0.391 e. The Balaban J connectivity index is 0.952. The van der Waals surface area contributed by atoms with Gasteiger partial charge in [0.2, 0.25) is 23.7 Å². The molecule has 5 heterocycles. The maximum Gasteiger partial charge on any atom is 0.263 e. The monoisotopic (exact) mass is 773 g/mol. The summed E-state index contributed by atoms with van der Waals surface area (Å²) < 4.78 is 7.31. The fourth-order valence-electron chi connectivity index (χ4n) is 7.88. The quantitative estimate of drug-likeness (QED) is 0.170. The van der Waals surface area contributed by atoms with Crippen LogP contribution in [0.1, 0.15) is 94.6 Å². The number of pyridine rings is 2. The average molecular weight is 774 g/mol. The van der Waals surface area contributed by atoms with E-state index in [4.69, 9.17) is 9.72 Å². The molecule has 0 radical (unpaired) electrons. The van der Waals surface area contributed by atoms with Crippen molar-refractivity contribution in [2.75, 3.05) is 62.7 Å². The van der Waals surface area contributed by atoms with Crippen LogP contribution in [0.4, 0.5) is 17.5 Å². The number of piperazine rings is 1. The molecule has 302 valence electrons. The number of likely N-dealkylation sites (tertiary alicyclic amines) is 1. The van der Waals surface area contributed by atoms with Crippen LogP contribution in [0.25, 0.3) is 11.0 Å². The van der Waals surface area contributed by atoms with Gasteiger partial charge in [-0.3, -0.25) is 28.5 Å². The summed E-state index contributed by atoms with van der Waals surface area (Å²) in [5.74, 6) is 0.0768. The number of hydrogen-bond donors (Lipinski definition) is 3. The number of aromatic nitrogens is 4. The van der Waals surface area contributed by atoms with Gasteiger partial charge in [0.25, 0.3) is 5.56 Å². The molecule has 0 bridgehead atoms. The molecule has 6 rings (SSSR count). The Morgan fingerprint density at radius 3 is 2.29 bits per heavy atom. The number of amides is 3. The van der Waals surface area contributed by atoms with Crippen LogP contribution in [0.2, 0.25) is 0 Å². The lowest BCUT2D eigenvalue weighted by Gasteiger charge is -2.36. The van der Waals surface area contributed by atoms with Crippen LogP contribution in [-0.4, -0.2) is 123 Å². The molecule has 0 aromatic carbocycles. The van der Waals surface area contributed by atoms with Crippen LogP contribution in [0, 0.1) is 12.3 Å². The smallest absolute Gasteiger partial charge is 0.263 e. The number of Topliss-reactive ketones (excluding diaryl/α,β-unsaturated/α-hetero) is 1. The Morgan fingerprint density at radius 2 is 1.66 bits per heavy atom. The van der Waals surface area contributed by atoms with Gasteiger partial charge < -0.3 is 35.2 Å². The molecule has 3 amide bonds. The number of β-amino-alcohol motifs (C(OH)–C–C–N with tert-alkyl or cyclic N) is 1. The molecule has 0 spiro atoms. The number of carbonyl (C=O) groups excluding carboxylic acids is 4. The summed E-state index contributed by atoms with van der Waals surface area (Å²) in [6.45, 7) is 12.3. The molecular formula is C40H55N9O7. The second kappa shape index (κ2) is 17.5. The molecule has 0 unspecified atom stereocenters. The molecule has 3 aliphatic rings. The number of carbonyl (C=O) groups is 4. The summed E-state index contributed by atoms with van der Waals surface area (Å²) in [6.07, 6.45) is 7.47. The second-order valence-corrected chi connectivity index (χ2v) is 16.2. The summed E-state index contributed by atoms with van der Waals surface area (Å²) in [6, 6.07) is 3.06. The molecule has 16 heteroatoms. The second-order valence-electron chi connectivity index (χ2n) is 16.2. The van der Waals surface area contributed by atoms with Crippen molar-refractivity contribution >= 4 is 52.0 Å². The Labute approximate surface area is 327 Å². The predicted octanol–water partition coefficient (Wildman–Crippen LogP) is 3.13. The van der Waals surface area contributed by atoms with Gasteiger partial charge in [-0.25, -0.2) is 9.97 Å². The first-order valence-electron chi connectivity index (χ1n) is 19.7. The van der Waals surface area contributed by atoms with Crippen molar-refractivity contribution in [1.82, 2.24) is 34.6 Å². The number of nitrogens with zero attached hydrogens (tertiary/aromatic N) is 7. The lowest BCUT2D eigenvalue weighted by molar-refractivity contribution is -0.139. The van der Waals surface area contributed by atoms with Gasteiger partial charge in [0.05, 0.1) is 43.2 Å². The minimum Gasteiger partial charge on any atom is -0.391 e. The minimum absolute atomic E-state index is 0.0116. The van der Waals surface area contributed by atoms with Gasteiger partial charge in [-0.15, -0.1) is 0 Å². The molecule has 56 heavy (non-hydrogen) atoms. The topological polar surface area (TPSA) is 192 Å². The van der Waals surface area contributed by atoms with Crippen LogP contribution in [0.5, 0.6) is 0 Å². The van der Waals surface area contributed by atoms with E-state index in [0.29, 0.717) is 67.5 Å². The van der Waals surface area contributed by atoms with Gasteiger partial charge >= 0.3 is 0 Å². The molecule has 2 saturated heterocycles. The SMILES string of the molecule is CC(=O)c1c(C)c2cnc(Nc3ccc(N4CCN(C(=O)CCOCCC(=O)N[C@H](C(=O)N5CC[C@@H](O)C5)C(C)(C)C)CC4)cn3)nc2n(C2CCCC2)c1=O. The fourth-order valence-corrected chi connectivity index (χ4v) is 7.88. The zero-order valence-corrected chi connectivity index (χ0v) is 33.2. The first kappa shape index (κ1) is 40.7. The van der Waals surface area contributed by atoms with E-state index < -0.39 is 17.6 Å². The van der Waals surface area contributed by atoms with E-state index in [2.05, 4.69) is 25.5 Å². The van der Waals surface area contributed by atoms with Crippen LogP contribution in [0.3, 0.4) is 0 Å². The highest BCUT2D eigenvalue weighted by atomic mass is 16.5. The van der Waals surface area contributed by atoms with Crippen LogP contribution < -0.4 is 21.1 Å². The van der Waals surface area contributed by atoms with E-state index in [0.717, 1.165) is 31.4 Å². The maximum absolute atomic E-state index is 13.5. The Morgan fingerprint density at radius 1 is 0.946 bits per heavy atom. The molecule has 1 saturated carbocycles. The zero-order chi connectivity index (χ0) is 40.1. The van der Waals surface area contributed by atoms with E-state index in [9.17, 15) is 29.1 Å². The predicted molar refractivity (Wildman–Crippen MR) is 211 cm³/mol. The number of aliphatic hydroxyl groups excluding tert-OH is 1. The van der Waals surface area contributed by atoms with Crippen LogP contribution >= 0.6 is 0 Å². The maximum atomic E-state index is 13.5. The number of ether oxygens (including phenoxy) is 1. The van der Waals surface area contributed by atoms with Crippen molar-refractivity contribution in [3.05, 3.63) is 46.0 Å². The van der Waals surface area contributed by atoms with Crippen molar-refractivity contribution in [2.45, 2.75) is 97.8 Å². The highest BCUT2D eigenvalue weighted by Gasteiger charge is 2.38. The lowest BCUT2D eigenvalue weighted by atomic mass is 9.85. The molecule has 3 aromatic heterocycles. The number of ketones is 1. The van der Waals surface area contributed by atoms with Crippen molar-refractivity contribution in [2.24, 2.45) is 5.41 Å². The number of fused-ring (bicyclic) bond motifs is 1. The number of aryl methyl sites for hydroxylation is 1. The average Bonchev–Trinajstić information content (AvgIpc) is 3.86. The Hall–Kier alpha value is -4.96. The third kappa shape index (κ3) is 9.35. The van der Waals surface area contributed by atoms with Crippen molar-refractivity contribution in [3.63, 3.8) is 0 Å². The Bertz CT molecular complexity index is 1980. The summed E-state index contributed by atoms with van der Waals surface area (Å²) in [7, 11) is 0. The standard InChI is InChI=1S/C40H55N9O7/c1-25-30-23-42-39(45-36(30)49(27-8-6-7-9-27)37(54)34(25)26(2)50)43-31-11-10-28(22-41-31)46-16-18-47(19-17-46)33(53)14-21-56-20-13-32(52)44-35(40(3,4)5)38(55)48-15-12-29(51)24-48/h10-11,22-23,27,29,35,51H,6-9,12-21,24H2,1-5H3,(H,44,52)(H,41,42,43,45)/t29-,35-/m1/s1. The molecule has 3 fully saturated rings. The third-order valence-corrected chi connectivity index (χ3v) is 11.1. The van der Waals surface area contributed by atoms with Crippen molar-refractivity contribution in [1.29, 1.82) is 0 Å². The van der Waals surface area contributed by atoms with Crippen molar-refractivity contribution in [3.8, 4) is 0 Å². The molecule has 16 nitrogen and oxygen atoms in total. The van der Waals surface area contributed by atoms with Gasteiger partial charge in [0.15, 0.2) is 5.78 Å². The first-order chi connectivity index (χ1) is 26.7. The summed E-state index contributed by atoms with van der Waals surface area (Å²) in [5, 5.41) is 16.5. The van der Waals surface area contributed by atoms with Gasteiger partial charge in [0, 0.05) is 63.3 Å². The number of anilines is 3. The normalized spacial score (nSPS) is 18.4. The molecule has 3 N–H and O–H groups in total. The van der Waals surface area contributed by atoms with E-state index in [1.54, 1.807) is 28.8 Å². The van der Waals surface area contributed by atoms with Crippen LogP contribution in [0.15, 0.2) is 29.3 Å². The summed E-state index contributed by atoms with van der Waals surface area (Å²) in [5.41, 5.74) is 1.42. The van der Waals surface area contributed by atoms with Gasteiger partial charge in [-0.05, 0) is 56.2 Å². The highest BCUT2D eigenvalue weighted by molar-refractivity contribution is 5.99. The first-order valence-corrected chi connectivity index (χ1v) is 19.7. The number of aliphatic hydroxyl groups is 1. The van der Waals surface area contributed by atoms with E-state index >= 15 is 0 Å². The Kier molecular flexibility index (Phi) is 12.7. The molecular weight excluding hydrogens is 718 g/mol. The number of hydrogen-bond acceptors (Lipinski definition) is 12. The van der Waals surface area contributed by atoms with Crippen molar-refractivity contribution < 1.29 is 29.0 Å². The molecule has 1 aliphatic carbocycles. The van der Waals surface area contributed by atoms with E-state index in [-0.39, 0.29) is 73.3 Å². The van der Waals surface area contributed by atoms with Gasteiger partial charge in [-0.1, -0.05) is 33.6 Å². The fraction of sp³-hybridized carbons (Fsp3) is 0.600. The number of nitrogens with one attached hydrogen (secondary N) is 2. The minimum atomic E-state index is -0.714. The van der Waals surface area contributed by atoms with Crippen LogP contribution in [-0.2, 0) is 19.1 Å². The van der Waals surface area contributed by atoms with Gasteiger partial charge in [-0.2, -0.15) is 4.98 Å². The molecule has 2 aliphatic heterocycles. The van der Waals surface area contributed by atoms with E-state index in [1.165, 1.54) is 6.92 Å². The number of rotatable bonds is 13. The zero-order valence-electron chi connectivity index (χ0n) is 33.2. The summed E-state index contributed by atoms with van der Waals surface area (Å²) >= 11 is 0. The van der Waals surface area contributed by atoms with E-state index in [1.807, 2.05) is 37.8 Å².